The smallest absolute Gasteiger partial charge is 0.0386 e. The number of hydrogen-bond donors (Lipinski definition) is 1. The van der Waals surface area contributed by atoms with Crippen LogP contribution in [-0.4, -0.2) is 17.5 Å². The first-order chi connectivity index (χ1) is 6.55. The summed E-state index contributed by atoms with van der Waals surface area (Å²) in [6.07, 6.45) is 2.16. The maximum absolute atomic E-state index is 3.57. The lowest BCUT2D eigenvalue weighted by Crippen LogP contribution is -2.33. The predicted octanol–water partition coefficient (Wildman–Crippen LogP) is 3.54. The first-order valence-electron chi connectivity index (χ1n) is 4.87. The van der Waals surface area contributed by atoms with Gasteiger partial charge in [-0.2, -0.15) is 11.8 Å². The second kappa shape index (κ2) is 5.19. The van der Waals surface area contributed by atoms with Crippen molar-refractivity contribution in [3.8, 4) is 0 Å². The molecule has 0 saturated carbocycles. The molecule has 1 nitrogen and oxygen atoms in total. The molecule has 0 saturated heterocycles. The van der Waals surface area contributed by atoms with Gasteiger partial charge in [0.25, 0.3) is 0 Å². The number of rotatable bonds is 5. The van der Waals surface area contributed by atoms with Crippen molar-refractivity contribution in [2.45, 2.75) is 31.6 Å². The zero-order valence-corrected chi connectivity index (χ0v) is 11.0. The van der Waals surface area contributed by atoms with Crippen LogP contribution in [0.5, 0.6) is 0 Å². The summed E-state index contributed by atoms with van der Waals surface area (Å²) in [5.41, 5.74) is 0. The monoisotopic (exact) mass is 229 g/mol. The van der Waals surface area contributed by atoms with Gasteiger partial charge in [0.15, 0.2) is 0 Å². The maximum Gasteiger partial charge on any atom is 0.0386 e. The summed E-state index contributed by atoms with van der Waals surface area (Å²) in [6.45, 7) is 7.81. The molecule has 1 aromatic heterocycles. The van der Waals surface area contributed by atoms with Crippen LogP contribution in [0.1, 0.15) is 31.7 Å². The summed E-state index contributed by atoms with van der Waals surface area (Å²) in [6, 6.07) is 4.77. The molecule has 0 aromatic carbocycles. The van der Waals surface area contributed by atoms with Crippen LogP contribution in [0, 0.1) is 0 Å². The molecule has 0 aliphatic rings. The predicted molar refractivity (Wildman–Crippen MR) is 68.3 cm³/mol. The lowest BCUT2D eigenvalue weighted by Gasteiger charge is -2.24. The van der Waals surface area contributed by atoms with E-state index in [9.17, 15) is 0 Å². The fourth-order valence-corrected chi connectivity index (χ4v) is 2.10. The molecule has 1 aromatic rings. The molecule has 1 rings (SSSR count). The molecule has 0 aliphatic heterocycles. The quantitative estimate of drug-likeness (QED) is 0.829. The highest BCUT2D eigenvalue weighted by atomic mass is 32.2. The van der Waals surface area contributed by atoms with E-state index in [1.807, 2.05) is 23.1 Å². The molecular weight excluding hydrogens is 210 g/mol. The molecule has 1 atom stereocenters. The molecule has 1 unspecified atom stereocenters. The third kappa shape index (κ3) is 3.64. The molecule has 0 amide bonds. The fraction of sp³-hybridized carbons (Fsp3) is 0.636. The minimum Gasteiger partial charge on any atom is -0.308 e. The van der Waals surface area contributed by atoms with Crippen LogP contribution in [0.15, 0.2) is 17.5 Å². The van der Waals surface area contributed by atoms with E-state index in [0.717, 1.165) is 6.54 Å². The van der Waals surface area contributed by atoms with Crippen LogP contribution >= 0.6 is 23.1 Å². The zero-order valence-electron chi connectivity index (χ0n) is 9.33. The second-order valence-electron chi connectivity index (χ2n) is 4.08. The van der Waals surface area contributed by atoms with Crippen molar-refractivity contribution in [2.24, 2.45) is 0 Å². The van der Waals surface area contributed by atoms with E-state index in [1.165, 1.54) is 4.88 Å². The molecule has 0 bridgehead atoms. The van der Waals surface area contributed by atoms with Crippen LogP contribution in [0.25, 0.3) is 0 Å². The van der Waals surface area contributed by atoms with E-state index in [2.05, 4.69) is 49.9 Å². The Balaban J connectivity index is 2.39. The largest absolute Gasteiger partial charge is 0.308 e. The van der Waals surface area contributed by atoms with Crippen LogP contribution in [0.2, 0.25) is 0 Å². The summed E-state index contributed by atoms with van der Waals surface area (Å²) in [4.78, 5) is 1.42. The average Bonchev–Trinajstić information content (AvgIpc) is 2.67. The summed E-state index contributed by atoms with van der Waals surface area (Å²) in [5, 5.41) is 5.70. The fourth-order valence-electron chi connectivity index (χ4n) is 1.11. The average molecular weight is 229 g/mol. The topological polar surface area (TPSA) is 12.0 Å². The molecule has 0 radical (unpaired) electrons. The van der Waals surface area contributed by atoms with Crippen molar-refractivity contribution in [3.05, 3.63) is 22.4 Å². The number of thiophene rings is 1. The molecule has 0 fully saturated rings. The summed E-state index contributed by atoms with van der Waals surface area (Å²) in [5.74, 6) is 0. The van der Waals surface area contributed by atoms with Gasteiger partial charge in [-0.05, 0) is 38.5 Å². The standard InChI is InChI=1S/C11H19NS2/c1-9(10-6-5-7-14-10)12-8-11(2,3)13-4/h5-7,9,12H,8H2,1-4H3. The Kier molecular flexibility index (Phi) is 4.48. The highest BCUT2D eigenvalue weighted by molar-refractivity contribution is 7.99. The van der Waals surface area contributed by atoms with E-state index in [4.69, 9.17) is 0 Å². The number of thioether (sulfide) groups is 1. The minimum absolute atomic E-state index is 0.325. The van der Waals surface area contributed by atoms with Crippen LogP contribution in [-0.2, 0) is 0 Å². The molecule has 14 heavy (non-hydrogen) atoms. The molecular formula is C11H19NS2. The van der Waals surface area contributed by atoms with Crippen molar-refractivity contribution in [2.75, 3.05) is 12.8 Å². The van der Waals surface area contributed by atoms with E-state index in [0.29, 0.717) is 10.8 Å². The molecule has 0 aliphatic carbocycles. The Morgan fingerprint density at radius 2 is 2.29 bits per heavy atom. The van der Waals surface area contributed by atoms with Gasteiger partial charge in [0.2, 0.25) is 0 Å². The molecule has 0 spiro atoms. The third-order valence-corrected chi connectivity index (χ3v) is 4.66. The van der Waals surface area contributed by atoms with E-state index in [1.54, 1.807) is 0 Å². The Labute approximate surface area is 95.3 Å². The second-order valence-corrected chi connectivity index (χ2v) is 6.57. The normalized spacial score (nSPS) is 14.3. The molecule has 1 heterocycles. The van der Waals surface area contributed by atoms with Gasteiger partial charge in [-0.1, -0.05) is 6.07 Å². The van der Waals surface area contributed by atoms with Crippen LogP contribution in [0.3, 0.4) is 0 Å². The van der Waals surface area contributed by atoms with Gasteiger partial charge < -0.3 is 5.32 Å². The molecule has 80 valence electrons. The molecule has 1 N–H and O–H groups in total. The third-order valence-electron chi connectivity index (χ3n) is 2.36. The van der Waals surface area contributed by atoms with Crippen LogP contribution in [0.4, 0.5) is 0 Å². The highest BCUT2D eigenvalue weighted by Crippen LogP contribution is 2.23. The maximum atomic E-state index is 3.57. The van der Waals surface area contributed by atoms with Gasteiger partial charge in [-0.3, -0.25) is 0 Å². The van der Waals surface area contributed by atoms with Gasteiger partial charge in [0, 0.05) is 22.2 Å². The lowest BCUT2D eigenvalue weighted by atomic mass is 10.2. The summed E-state index contributed by atoms with van der Waals surface area (Å²) < 4.78 is 0.325. The lowest BCUT2D eigenvalue weighted by molar-refractivity contribution is 0.528. The number of nitrogens with one attached hydrogen (secondary N) is 1. The van der Waals surface area contributed by atoms with E-state index >= 15 is 0 Å². The van der Waals surface area contributed by atoms with Gasteiger partial charge >= 0.3 is 0 Å². The highest BCUT2D eigenvalue weighted by Gasteiger charge is 2.17. The Morgan fingerprint density at radius 1 is 1.57 bits per heavy atom. The first-order valence-corrected chi connectivity index (χ1v) is 6.97. The van der Waals surface area contributed by atoms with Gasteiger partial charge in [-0.25, -0.2) is 0 Å². The Bertz CT molecular complexity index is 254. The SMILES string of the molecule is CSC(C)(C)CNC(C)c1cccs1. The van der Waals surface area contributed by atoms with E-state index < -0.39 is 0 Å². The van der Waals surface area contributed by atoms with Gasteiger partial charge in [0.1, 0.15) is 0 Å². The summed E-state index contributed by atoms with van der Waals surface area (Å²) in [7, 11) is 0. The van der Waals surface area contributed by atoms with E-state index in [-0.39, 0.29) is 0 Å². The van der Waals surface area contributed by atoms with Crippen molar-refractivity contribution < 1.29 is 0 Å². The molecule has 3 heteroatoms. The van der Waals surface area contributed by atoms with Gasteiger partial charge in [0.05, 0.1) is 0 Å². The summed E-state index contributed by atoms with van der Waals surface area (Å²) >= 11 is 3.73. The Morgan fingerprint density at radius 3 is 2.79 bits per heavy atom. The first kappa shape index (κ1) is 12.1. The van der Waals surface area contributed by atoms with Crippen LogP contribution < -0.4 is 5.32 Å². The Hall–Kier alpha value is 0.01000. The zero-order chi connectivity index (χ0) is 10.6. The van der Waals surface area contributed by atoms with Gasteiger partial charge in [-0.15, -0.1) is 11.3 Å². The minimum atomic E-state index is 0.325. The van der Waals surface area contributed by atoms with Crippen molar-refractivity contribution in [1.82, 2.24) is 5.32 Å². The van der Waals surface area contributed by atoms with Crippen molar-refractivity contribution >= 4 is 23.1 Å². The van der Waals surface area contributed by atoms with Crippen molar-refractivity contribution in [1.29, 1.82) is 0 Å². The number of hydrogen-bond acceptors (Lipinski definition) is 3. The van der Waals surface area contributed by atoms with Crippen molar-refractivity contribution in [3.63, 3.8) is 0 Å².